The second-order valence-electron chi connectivity index (χ2n) is 6.79. The molecule has 30 heavy (non-hydrogen) atoms. The van der Waals surface area contributed by atoms with Crippen molar-refractivity contribution in [3.05, 3.63) is 32.9 Å². The highest BCUT2D eigenvalue weighted by Crippen LogP contribution is 2.37. The molecule has 1 aliphatic heterocycles. The second kappa shape index (κ2) is 10.1. The van der Waals surface area contributed by atoms with E-state index in [4.69, 9.17) is 44.0 Å². The maximum absolute atomic E-state index is 13.1. The van der Waals surface area contributed by atoms with Crippen LogP contribution < -0.4 is 5.32 Å². The molecule has 0 atom stereocenters. The molecule has 1 aromatic heterocycles. The lowest BCUT2D eigenvalue weighted by Gasteiger charge is -2.31. The largest absolute Gasteiger partial charge is 0.419 e. The van der Waals surface area contributed by atoms with Gasteiger partial charge >= 0.3 is 0 Å². The van der Waals surface area contributed by atoms with Crippen LogP contribution in [0.25, 0.3) is 11.5 Å². The van der Waals surface area contributed by atoms with E-state index in [9.17, 15) is 14.0 Å². The molecule has 1 aliphatic rings. The van der Waals surface area contributed by atoms with Crippen molar-refractivity contribution in [1.29, 1.82) is 5.26 Å². The molecule has 0 radical (unpaired) electrons. The Morgan fingerprint density at radius 1 is 1.23 bits per heavy atom. The number of hydrogen-bond donors (Lipinski definition) is 1. The number of nitrogens with zero attached hydrogens (tertiary/aromatic N) is 3. The Bertz CT molecular complexity index is 923. The summed E-state index contributed by atoms with van der Waals surface area (Å²) >= 11 is 18.2. The first-order valence-electron chi connectivity index (χ1n) is 9.27. The van der Waals surface area contributed by atoms with Crippen molar-refractivity contribution in [3.63, 3.8) is 0 Å². The van der Waals surface area contributed by atoms with Crippen LogP contribution in [-0.2, 0) is 4.74 Å². The minimum atomic E-state index is -2.55. The van der Waals surface area contributed by atoms with Gasteiger partial charge in [-0.3, -0.25) is 0 Å². The van der Waals surface area contributed by atoms with Gasteiger partial charge in [-0.1, -0.05) is 34.8 Å². The molecule has 0 spiro atoms. The van der Waals surface area contributed by atoms with Gasteiger partial charge in [-0.05, 0) is 12.1 Å². The van der Waals surface area contributed by atoms with E-state index in [0.717, 1.165) is 0 Å². The molecule has 0 bridgehead atoms. The molecule has 11 heteroatoms. The number of halogens is 5. The van der Waals surface area contributed by atoms with E-state index in [1.807, 2.05) is 11.0 Å². The molecule has 162 valence electrons. The molecule has 3 rings (SSSR count). The zero-order valence-electron chi connectivity index (χ0n) is 15.9. The highest BCUT2D eigenvalue weighted by atomic mass is 35.5. The maximum Gasteiger partial charge on any atom is 0.250 e. The van der Waals surface area contributed by atoms with Crippen LogP contribution in [0.5, 0.6) is 0 Å². The summed E-state index contributed by atoms with van der Waals surface area (Å²) in [6, 6.07) is 4.99. The molecule has 6 nitrogen and oxygen atoms in total. The molecular formula is C19H19Cl3F2N4O2. The summed E-state index contributed by atoms with van der Waals surface area (Å²) in [5.74, 6) is -2.25. The van der Waals surface area contributed by atoms with Gasteiger partial charge in [0.05, 0.1) is 28.8 Å². The topological polar surface area (TPSA) is 74.3 Å². The Hall–Kier alpha value is -1.63. The number of oxazole rings is 1. The lowest BCUT2D eigenvalue weighted by molar-refractivity contribution is -0.0584. The Kier molecular flexibility index (Phi) is 7.77. The van der Waals surface area contributed by atoms with Crippen LogP contribution in [-0.4, -0.2) is 55.2 Å². The number of ether oxygens (including phenoxy) is 1. The van der Waals surface area contributed by atoms with E-state index in [-0.39, 0.29) is 40.4 Å². The number of piperidine rings is 1. The Morgan fingerprint density at radius 3 is 2.67 bits per heavy atom. The number of likely N-dealkylation sites (tertiary alicyclic amines) is 1. The lowest BCUT2D eigenvalue weighted by atomic mass is 10.1. The van der Waals surface area contributed by atoms with E-state index in [1.165, 1.54) is 6.07 Å². The highest BCUT2D eigenvalue weighted by molar-refractivity contribution is 6.44. The summed E-state index contributed by atoms with van der Waals surface area (Å²) in [5, 5.41) is 13.1. The number of nitrogens with one attached hydrogen (secondary N) is 1. The second-order valence-corrected chi connectivity index (χ2v) is 8.02. The first kappa shape index (κ1) is 23.0. The predicted molar refractivity (Wildman–Crippen MR) is 112 cm³/mol. The third-order valence-corrected chi connectivity index (χ3v) is 5.65. The van der Waals surface area contributed by atoms with Crippen molar-refractivity contribution in [2.45, 2.75) is 18.8 Å². The maximum atomic E-state index is 13.1. The van der Waals surface area contributed by atoms with Gasteiger partial charge in [0.2, 0.25) is 17.5 Å². The molecule has 0 aliphatic carbocycles. The monoisotopic (exact) mass is 478 g/mol. The van der Waals surface area contributed by atoms with Gasteiger partial charge in [0.1, 0.15) is 6.07 Å². The number of anilines is 1. The highest BCUT2D eigenvalue weighted by Gasteiger charge is 2.33. The van der Waals surface area contributed by atoms with Gasteiger partial charge in [-0.15, -0.1) is 0 Å². The molecular weight excluding hydrogens is 461 g/mol. The van der Waals surface area contributed by atoms with Crippen molar-refractivity contribution in [3.8, 4) is 17.5 Å². The minimum absolute atomic E-state index is 0.0615. The van der Waals surface area contributed by atoms with Crippen LogP contribution in [0.4, 0.5) is 14.7 Å². The van der Waals surface area contributed by atoms with Crippen molar-refractivity contribution in [2.75, 3.05) is 44.7 Å². The molecule has 1 saturated heterocycles. The summed E-state index contributed by atoms with van der Waals surface area (Å²) in [6.07, 6.45) is -0.220. The van der Waals surface area contributed by atoms with Crippen LogP contribution in [0, 0.1) is 11.3 Å². The van der Waals surface area contributed by atoms with Crippen molar-refractivity contribution >= 4 is 40.7 Å². The van der Waals surface area contributed by atoms with Crippen molar-refractivity contribution < 1.29 is 17.9 Å². The molecule has 1 N–H and O–H groups in total. The van der Waals surface area contributed by atoms with E-state index >= 15 is 0 Å². The van der Waals surface area contributed by atoms with Crippen molar-refractivity contribution in [1.82, 2.24) is 9.88 Å². The predicted octanol–water partition coefficient (Wildman–Crippen LogP) is 5.33. The summed E-state index contributed by atoms with van der Waals surface area (Å²) in [7, 11) is 0. The fourth-order valence-corrected chi connectivity index (χ4v) is 3.66. The fraction of sp³-hybridized carbons (Fsp3) is 0.474. The molecule has 0 amide bonds. The average molecular weight is 480 g/mol. The number of benzene rings is 1. The molecule has 0 unspecified atom stereocenters. The van der Waals surface area contributed by atoms with E-state index < -0.39 is 5.92 Å². The molecule has 2 heterocycles. The smallest absolute Gasteiger partial charge is 0.250 e. The number of aromatic nitrogens is 1. The van der Waals surface area contributed by atoms with Gasteiger partial charge in [-0.25, -0.2) is 8.78 Å². The van der Waals surface area contributed by atoms with Gasteiger partial charge in [0, 0.05) is 44.0 Å². The van der Waals surface area contributed by atoms with E-state index in [1.54, 1.807) is 6.07 Å². The quantitative estimate of drug-likeness (QED) is 0.407. The van der Waals surface area contributed by atoms with Gasteiger partial charge in [0.25, 0.3) is 5.92 Å². The van der Waals surface area contributed by atoms with E-state index in [2.05, 4.69) is 10.3 Å². The number of nitriles is 1. The summed E-state index contributed by atoms with van der Waals surface area (Å²) in [4.78, 5) is 6.09. The first-order valence-corrected chi connectivity index (χ1v) is 10.4. The number of rotatable bonds is 8. The summed E-state index contributed by atoms with van der Waals surface area (Å²) in [6.45, 7) is 2.48. The summed E-state index contributed by atoms with van der Waals surface area (Å²) < 4.78 is 37.4. The Balaban J connectivity index is 1.48. The van der Waals surface area contributed by atoms with Crippen LogP contribution in [0.2, 0.25) is 15.1 Å². The lowest BCUT2D eigenvalue weighted by Crippen LogP contribution is -2.40. The average Bonchev–Trinajstić information content (AvgIpc) is 3.11. The first-order chi connectivity index (χ1) is 14.3. The Labute approximate surface area is 187 Å². The number of hydrogen-bond acceptors (Lipinski definition) is 6. The molecule has 1 fully saturated rings. The molecule has 0 saturated carbocycles. The number of alkyl halides is 2. The molecule has 1 aromatic carbocycles. The van der Waals surface area contributed by atoms with Gasteiger partial charge < -0.3 is 19.4 Å². The third-order valence-electron chi connectivity index (χ3n) is 4.63. The molecule has 2 aromatic rings. The standard InChI is InChI=1S/C19H19Cl3F2N4O2/c20-12-9-13(16(22)14(21)10-12)17-27-15(11-25)18(30-17)26-3-7-29-8-6-28-4-1-19(23,24)2-5-28/h9-10,26H,1-8H2. The van der Waals surface area contributed by atoms with Crippen LogP contribution in [0.3, 0.4) is 0 Å². The third kappa shape index (κ3) is 5.96. The zero-order valence-corrected chi connectivity index (χ0v) is 18.1. The fourth-order valence-electron chi connectivity index (χ4n) is 2.98. The van der Waals surface area contributed by atoms with Crippen LogP contribution in [0.1, 0.15) is 18.5 Å². The zero-order chi connectivity index (χ0) is 21.7. The van der Waals surface area contributed by atoms with Gasteiger partial charge in [0.15, 0.2) is 0 Å². The SMILES string of the molecule is N#Cc1nc(-c2cc(Cl)cc(Cl)c2Cl)oc1NCCOCCN1CCC(F)(F)CC1. The van der Waals surface area contributed by atoms with Crippen LogP contribution in [0.15, 0.2) is 16.5 Å². The normalized spacial score (nSPS) is 16.4. The van der Waals surface area contributed by atoms with Crippen molar-refractivity contribution in [2.24, 2.45) is 0 Å². The van der Waals surface area contributed by atoms with E-state index in [0.29, 0.717) is 50.0 Å². The minimum Gasteiger partial charge on any atom is -0.419 e. The van der Waals surface area contributed by atoms with Crippen LogP contribution >= 0.6 is 34.8 Å². The Morgan fingerprint density at radius 2 is 1.97 bits per heavy atom. The summed E-state index contributed by atoms with van der Waals surface area (Å²) in [5.41, 5.74) is 0.438. The van der Waals surface area contributed by atoms with Gasteiger partial charge in [-0.2, -0.15) is 10.2 Å².